The predicted molar refractivity (Wildman–Crippen MR) is 156 cm³/mol. The number of methoxy groups -OCH3 is 1. The van der Waals surface area contributed by atoms with Gasteiger partial charge in [-0.05, 0) is 68.4 Å². The third-order valence-corrected chi connectivity index (χ3v) is 7.96. The van der Waals surface area contributed by atoms with Gasteiger partial charge in [0.1, 0.15) is 11.7 Å². The van der Waals surface area contributed by atoms with Crippen molar-refractivity contribution in [3.8, 4) is 5.75 Å². The lowest BCUT2D eigenvalue weighted by Gasteiger charge is -2.36. The zero-order valence-electron chi connectivity index (χ0n) is 23.0. The minimum atomic E-state index is -0.490. The number of benzene rings is 1. The van der Waals surface area contributed by atoms with E-state index in [9.17, 15) is 9.59 Å². The molecule has 2 saturated heterocycles. The van der Waals surface area contributed by atoms with Crippen LogP contribution in [0.25, 0.3) is 0 Å². The van der Waals surface area contributed by atoms with Crippen molar-refractivity contribution in [2.45, 2.75) is 32.1 Å². The van der Waals surface area contributed by atoms with Gasteiger partial charge in [0.25, 0.3) is 0 Å². The molecule has 0 aromatic heterocycles. The van der Waals surface area contributed by atoms with Gasteiger partial charge in [-0.25, -0.2) is 4.99 Å². The second-order valence-corrected chi connectivity index (χ2v) is 10.6. The first-order valence-electron chi connectivity index (χ1n) is 14.0. The molecule has 1 N–H and O–H groups in total. The topological polar surface area (TPSA) is 95.9 Å². The van der Waals surface area contributed by atoms with E-state index in [1.807, 2.05) is 12.1 Å². The molecule has 5 rings (SSSR count). The Morgan fingerprint density at radius 3 is 2.60 bits per heavy atom. The lowest BCUT2D eigenvalue weighted by Crippen LogP contribution is -2.47. The average Bonchev–Trinajstić information content (AvgIpc) is 3.44. The van der Waals surface area contributed by atoms with Crippen molar-refractivity contribution in [1.82, 2.24) is 15.1 Å². The number of carbonyl (C=O) groups excluding carboxylic acids is 2. The van der Waals surface area contributed by atoms with Gasteiger partial charge in [-0.2, -0.15) is 0 Å². The monoisotopic (exact) mass is 567 g/mol. The van der Waals surface area contributed by atoms with Crippen molar-refractivity contribution in [1.29, 1.82) is 0 Å². The Hall–Kier alpha value is -3.44. The van der Waals surface area contributed by atoms with Gasteiger partial charge < -0.3 is 24.4 Å². The van der Waals surface area contributed by atoms with Crippen molar-refractivity contribution >= 4 is 40.5 Å². The van der Waals surface area contributed by atoms with E-state index in [2.05, 4.69) is 32.2 Å². The third-order valence-electron chi connectivity index (χ3n) is 7.64. The van der Waals surface area contributed by atoms with Gasteiger partial charge in [-0.1, -0.05) is 6.42 Å². The maximum atomic E-state index is 13.0. The summed E-state index contributed by atoms with van der Waals surface area (Å²) in [6.07, 6.45) is 7.28. The van der Waals surface area contributed by atoms with Gasteiger partial charge in [0.2, 0.25) is 23.7 Å². The second kappa shape index (κ2) is 13.3. The first-order chi connectivity index (χ1) is 19.5. The molecule has 1 aromatic rings. The molecule has 1 aromatic carbocycles. The lowest BCUT2D eigenvalue weighted by molar-refractivity contribution is -0.128. The summed E-state index contributed by atoms with van der Waals surface area (Å²) in [7, 11) is 1.68. The van der Waals surface area contributed by atoms with E-state index in [-0.39, 0.29) is 23.7 Å². The number of unbranched alkanes of at least 4 members (excludes halogenated alkanes) is 2. The largest absolute Gasteiger partial charge is 0.497 e. The van der Waals surface area contributed by atoms with E-state index < -0.39 is 5.92 Å². The van der Waals surface area contributed by atoms with E-state index in [0.29, 0.717) is 36.7 Å². The van der Waals surface area contributed by atoms with Gasteiger partial charge in [0.05, 0.1) is 12.8 Å². The van der Waals surface area contributed by atoms with Gasteiger partial charge in [-0.3, -0.25) is 19.4 Å². The molecule has 10 nitrogen and oxygen atoms in total. The molecule has 3 heterocycles. The number of anilines is 1. The van der Waals surface area contributed by atoms with Crippen LogP contribution in [0.15, 0.2) is 52.9 Å². The fourth-order valence-corrected chi connectivity index (χ4v) is 5.60. The van der Waals surface area contributed by atoms with Crippen LogP contribution in [0.2, 0.25) is 0 Å². The summed E-state index contributed by atoms with van der Waals surface area (Å²) in [4.78, 5) is 36.2. The molecule has 1 aliphatic carbocycles. The second-order valence-electron chi connectivity index (χ2n) is 10.3. The lowest BCUT2D eigenvalue weighted by atomic mass is 9.93. The van der Waals surface area contributed by atoms with E-state index in [1.54, 1.807) is 24.2 Å². The fraction of sp³-hybridized carbons (Fsp3) is 0.517. The normalized spacial score (nSPS) is 20.5. The number of allylic oxidation sites excluding steroid dienone is 1. The number of thiocarbonyl (C=S) groups is 1. The number of nitrogens with zero attached hydrogens (tertiary/aromatic N) is 4. The summed E-state index contributed by atoms with van der Waals surface area (Å²) < 4.78 is 16.0. The van der Waals surface area contributed by atoms with Crippen LogP contribution < -0.4 is 15.0 Å². The van der Waals surface area contributed by atoms with Gasteiger partial charge in [0, 0.05) is 57.5 Å². The molecule has 214 valence electrons. The molecule has 2 fully saturated rings. The SMILES string of the molecule is COc1ccc(N2CCN(CCCNC(=O)CCCCCN3C(=O)C4C=C5OCOC5=CC4=NC3=S)CC2)cc1. The quantitative estimate of drug-likeness (QED) is 0.304. The van der Waals surface area contributed by atoms with Crippen LogP contribution in [0.3, 0.4) is 0 Å². The van der Waals surface area contributed by atoms with E-state index in [0.717, 1.165) is 64.2 Å². The number of ether oxygens (including phenoxy) is 3. The molecule has 0 bridgehead atoms. The van der Waals surface area contributed by atoms with Crippen LogP contribution in [0.4, 0.5) is 5.69 Å². The number of hydrogen-bond donors (Lipinski definition) is 1. The smallest absolute Gasteiger partial charge is 0.241 e. The Morgan fingerprint density at radius 1 is 1.05 bits per heavy atom. The molecule has 0 spiro atoms. The van der Waals surface area contributed by atoms with E-state index in [4.69, 9.17) is 26.4 Å². The molecule has 1 atom stereocenters. The molecule has 11 heteroatoms. The van der Waals surface area contributed by atoms with Crippen LogP contribution in [-0.4, -0.2) is 92.2 Å². The van der Waals surface area contributed by atoms with Crippen molar-refractivity contribution in [3.05, 3.63) is 47.9 Å². The number of aliphatic imine (C=N–C) groups is 1. The molecule has 0 saturated carbocycles. The molecular weight excluding hydrogens is 530 g/mol. The number of amides is 2. The van der Waals surface area contributed by atoms with Crippen LogP contribution in [-0.2, 0) is 19.1 Å². The van der Waals surface area contributed by atoms with E-state index >= 15 is 0 Å². The number of nitrogens with one attached hydrogen (secondary N) is 1. The molecular formula is C29H37N5O5S. The van der Waals surface area contributed by atoms with Crippen LogP contribution in [0.1, 0.15) is 32.1 Å². The van der Waals surface area contributed by atoms with Crippen molar-refractivity contribution in [2.75, 3.05) is 64.6 Å². The standard InChI is InChI=1S/C29H37N5O5S/c1-37-22-9-7-21(8-10-22)33-16-14-32(15-17-33)12-5-11-30-27(35)6-3-2-4-13-34-28(36)23-18-25-26(39-20-38-25)19-24(23)31-29(34)40/h7-10,18-19,23H,2-6,11-17,20H2,1H3,(H,30,35). The van der Waals surface area contributed by atoms with Crippen molar-refractivity contribution in [2.24, 2.45) is 10.9 Å². The molecule has 40 heavy (non-hydrogen) atoms. The van der Waals surface area contributed by atoms with Crippen LogP contribution in [0, 0.1) is 5.92 Å². The third kappa shape index (κ3) is 6.82. The summed E-state index contributed by atoms with van der Waals surface area (Å²) in [5, 5.41) is 3.33. The molecule has 3 aliphatic heterocycles. The molecule has 1 unspecified atom stereocenters. The zero-order chi connectivity index (χ0) is 27.9. The number of rotatable bonds is 12. The summed E-state index contributed by atoms with van der Waals surface area (Å²) >= 11 is 5.38. The van der Waals surface area contributed by atoms with Crippen LogP contribution in [0.5, 0.6) is 5.75 Å². The summed E-state index contributed by atoms with van der Waals surface area (Å²) in [6, 6.07) is 8.22. The molecule has 0 radical (unpaired) electrons. The van der Waals surface area contributed by atoms with Gasteiger partial charge >= 0.3 is 0 Å². The highest BCUT2D eigenvalue weighted by Crippen LogP contribution is 2.31. The predicted octanol–water partition coefficient (Wildman–Crippen LogP) is 2.85. The maximum Gasteiger partial charge on any atom is 0.241 e. The summed E-state index contributed by atoms with van der Waals surface area (Å²) in [6.45, 7) is 6.36. The Labute approximate surface area is 240 Å². The minimum absolute atomic E-state index is 0.0818. The highest BCUT2D eigenvalue weighted by Gasteiger charge is 2.38. The summed E-state index contributed by atoms with van der Waals surface area (Å²) in [5.41, 5.74) is 1.83. The Morgan fingerprint density at radius 2 is 1.82 bits per heavy atom. The van der Waals surface area contributed by atoms with Crippen LogP contribution >= 0.6 is 12.2 Å². The van der Waals surface area contributed by atoms with Crippen molar-refractivity contribution in [3.63, 3.8) is 0 Å². The highest BCUT2D eigenvalue weighted by atomic mass is 32.1. The Bertz CT molecular complexity index is 1190. The number of piperazine rings is 1. The first-order valence-corrected chi connectivity index (χ1v) is 14.4. The maximum absolute atomic E-state index is 13.0. The molecule has 4 aliphatic rings. The summed E-state index contributed by atoms with van der Waals surface area (Å²) in [5.74, 6) is 1.56. The number of carbonyl (C=O) groups is 2. The Balaban J connectivity index is 0.919. The fourth-order valence-electron chi connectivity index (χ4n) is 5.31. The minimum Gasteiger partial charge on any atom is -0.497 e. The Kier molecular flexibility index (Phi) is 9.33. The van der Waals surface area contributed by atoms with Gasteiger partial charge in [-0.15, -0.1) is 0 Å². The van der Waals surface area contributed by atoms with Gasteiger partial charge in [0.15, 0.2) is 11.5 Å². The number of hydrogen-bond acceptors (Lipinski definition) is 8. The average molecular weight is 568 g/mol. The highest BCUT2D eigenvalue weighted by molar-refractivity contribution is 7.80. The first kappa shape index (κ1) is 28.1. The van der Waals surface area contributed by atoms with E-state index in [1.165, 1.54) is 5.69 Å². The van der Waals surface area contributed by atoms with Crippen molar-refractivity contribution < 1.29 is 23.8 Å². The number of fused-ring (bicyclic) bond motifs is 2. The molecule has 2 amide bonds. The zero-order valence-corrected chi connectivity index (χ0v) is 23.8.